The smallest absolute Gasteiger partial charge is 0.293 e. The molecule has 0 aliphatic carbocycles. The molecule has 258 valence electrons. The van der Waals surface area contributed by atoms with Crippen LogP contribution in [0.1, 0.15) is 47.6 Å². The van der Waals surface area contributed by atoms with Crippen molar-refractivity contribution in [2.24, 2.45) is 5.92 Å². The molecule has 3 aromatic carbocycles. The van der Waals surface area contributed by atoms with E-state index in [0.717, 1.165) is 54.8 Å². The molecule has 0 saturated carbocycles. The molecule has 5 aromatic rings. The zero-order chi connectivity index (χ0) is 34.7. The van der Waals surface area contributed by atoms with E-state index in [4.69, 9.17) is 9.47 Å². The van der Waals surface area contributed by atoms with Gasteiger partial charge in [0.15, 0.2) is 0 Å². The molecule has 0 radical (unpaired) electrons. The largest absolute Gasteiger partial charge is 0.455 e. The summed E-state index contributed by atoms with van der Waals surface area (Å²) in [6.45, 7) is 2.74. The van der Waals surface area contributed by atoms with Crippen LogP contribution in [-0.2, 0) is 14.8 Å². The molecule has 50 heavy (non-hydrogen) atoms. The summed E-state index contributed by atoms with van der Waals surface area (Å²) in [7, 11) is -4.53. The van der Waals surface area contributed by atoms with E-state index in [1.165, 1.54) is 30.0 Å². The van der Waals surface area contributed by atoms with Crippen molar-refractivity contribution < 1.29 is 27.6 Å². The number of carbonyl (C=O) groups is 1. The molecule has 0 spiro atoms. The SMILES string of the molecule is O=C(NS(=O)(=O)c1ccc(NCC2CCOCC2)c([N+](=O)[O-])c1)c1ccc(-c2ccc(C3CCCN3)cc2)cc1Oc1cnc2[nH]ccc2c1. The molecule has 0 bridgehead atoms. The summed E-state index contributed by atoms with van der Waals surface area (Å²) in [4.78, 5) is 31.9. The molecule has 1 unspecified atom stereocenters. The zero-order valence-corrected chi connectivity index (χ0v) is 27.9. The monoisotopic (exact) mass is 696 g/mol. The predicted molar refractivity (Wildman–Crippen MR) is 188 cm³/mol. The molecule has 2 aromatic heterocycles. The molecule has 2 aliphatic rings. The number of nitro groups is 1. The number of sulfonamides is 1. The molecule has 2 aliphatic heterocycles. The molecule has 7 rings (SSSR count). The van der Waals surface area contributed by atoms with Gasteiger partial charge < -0.3 is 25.1 Å². The van der Waals surface area contributed by atoms with Crippen molar-refractivity contribution in [2.75, 3.05) is 31.6 Å². The summed E-state index contributed by atoms with van der Waals surface area (Å²) in [5.74, 6) is -0.238. The number of rotatable bonds is 11. The number of aromatic amines is 1. The minimum absolute atomic E-state index is 0.0532. The number of benzene rings is 3. The molecule has 4 N–H and O–H groups in total. The van der Waals surface area contributed by atoms with Crippen LogP contribution < -0.4 is 20.1 Å². The van der Waals surface area contributed by atoms with Crippen molar-refractivity contribution in [3.05, 3.63) is 106 Å². The van der Waals surface area contributed by atoms with Gasteiger partial charge in [0.25, 0.3) is 21.6 Å². The molecule has 4 heterocycles. The number of ether oxygens (including phenoxy) is 2. The summed E-state index contributed by atoms with van der Waals surface area (Å²) in [5.41, 5.74) is 3.21. The first-order chi connectivity index (χ1) is 24.2. The van der Waals surface area contributed by atoms with Crippen LogP contribution in [0.4, 0.5) is 11.4 Å². The number of pyridine rings is 1. The van der Waals surface area contributed by atoms with Gasteiger partial charge in [0, 0.05) is 43.4 Å². The van der Waals surface area contributed by atoms with Gasteiger partial charge in [-0.3, -0.25) is 14.9 Å². The number of hydrogen-bond donors (Lipinski definition) is 4. The number of nitro benzene ring substituents is 1. The second kappa shape index (κ2) is 14.3. The number of hydrogen-bond acceptors (Lipinski definition) is 10. The topological polar surface area (TPSA) is 178 Å². The first kappa shape index (κ1) is 33.2. The number of aromatic nitrogens is 2. The number of nitrogens with zero attached hydrogens (tertiary/aromatic N) is 2. The van der Waals surface area contributed by atoms with Gasteiger partial charge >= 0.3 is 0 Å². The van der Waals surface area contributed by atoms with Gasteiger partial charge in [-0.2, -0.15) is 0 Å². The maximum Gasteiger partial charge on any atom is 0.293 e. The first-order valence-corrected chi connectivity index (χ1v) is 18.0. The van der Waals surface area contributed by atoms with Crippen LogP contribution in [0.5, 0.6) is 11.5 Å². The molecule has 14 heteroatoms. The highest BCUT2D eigenvalue weighted by Gasteiger charge is 2.26. The fourth-order valence-corrected chi connectivity index (χ4v) is 7.36. The summed E-state index contributed by atoms with van der Waals surface area (Å²) in [6.07, 6.45) is 7.11. The Kier molecular flexibility index (Phi) is 9.48. The number of nitrogens with one attached hydrogen (secondary N) is 4. The lowest BCUT2D eigenvalue weighted by Crippen LogP contribution is -2.31. The minimum Gasteiger partial charge on any atom is -0.455 e. The van der Waals surface area contributed by atoms with E-state index in [-0.39, 0.29) is 22.9 Å². The highest BCUT2D eigenvalue weighted by atomic mass is 32.2. The van der Waals surface area contributed by atoms with Gasteiger partial charge in [0.1, 0.15) is 22.8 Å². The van der Waals surface area contributed by atoms with Gasteiger partial charge in [0.2, 0.25) is 0 Å². The first-order valence-electron chi connectivity index (χ1n) is 16.5. The third kappa shape index (κ3) is 7.32. The van der Waals surface area contributed by atoms with Crippen LogP contribution in [0.3, 0.4) is 0 Å². The zero-order valence-electron chi connectivity index (χ0n) is 27.1. The molecule has 1 amide bonds. The van der Waals surface area contributed by atoms with E-state index in [2.05, 4.69) is 37.5 Å². The predicted octanol–water partition coefficient (Wildman–Crippen LogP) is 6.31. The second-order valence-electron chi connectivity index (χ2n) is 12.5. The average Bonchev–Trinajstić information content (AvgIpc) is 3.84. The van der Waals surface area contributed by atoms with Gasteiger partial charge in [-0.05, 0) is 91.2 Å². The Morgan fingerprint density at radius 1 is 1.00 bits per heavy atom. The highest BCUT2D eigenvalue weighted by molar-refractivity contribution is 7.90. The van der Waals surface area contributed by atoms with Gasteiger partial charge in [-0.15, -0.1) is 0 Å². The van der Waals surface area contributed by atoms with Crippen LogP contribution in [0, 0.1) is 16.0 Å². The molecule has 13 nitrogen and oxygen atoms in total. The third-order valence-corrected chi connectivity index (χ3v) is 10.5. The van der Waals surface area contributed by atoms with Crippen LogP contribution >= 0.6 is 0 Å². The molecular weight excluding hydrogens is 660 g/mol. The lowest BCUT2D eigenvalue weighted by molar-refractivity contribution is -0.384. The van der Waals surface area contributed by atoms with Crippen molar-refractivity contribution in [3.8, 4) is 22.6 Å². The summed E-state index contributed by atoms with van der Waals surface area (Å²) >= 11 is 0. The van der Waals surface area contributed by atoms with E-state index >= 15 is 0 Å². The Bertz CT molecular complexity index is 2140. The number of anilines is 1. The Labute approximate surface area is 288 Å². The maximum absolute atomic E-state index is 13.7. The Morgan fingerprint density at radius 2 is 1.80 bits per heavy atom. The van der Waals surface area contributed by atoms with Crippen molar-refractivity contribution in [1.29, 1.82) is 0 Å². The summed E-state index contributed by atoms with van der Waals surface area (Å²) < 4.78 is 40.6. The van der Waals surface area contributed by atoms with E-state index in [9.17, 15) is 23.3 Å². The molecular formula is C36H36N6O7S. The van der Waals surface area contributed by atoms with Gasteiger partial charge in [-0.25, -0.2) is 18.1 Å². The lowest BCUT2D eigenvalue weighted by Gasteiger charge is -2.22. The van der Waals surface area contributed by atoms with Crippen molar-refractivity contribution in [1.82, 2.24) is 20.0 Å². The van der Waals surface area contributed by atoms with Crippen LogP contribution in [0.25, 0.3) is 22.2 Å². The number of fused-ring (bicyclic) bond motifs is 1. The van der Waals surface area contributed by atoms with Crippen molar-refractivity contribution in [2.45, 2.75) is 36.6 Å². The molecule has 2 saturated heterocycles. The van der Waals surface area contributed by atoms with E-state index in [0.29, 0.717) is 37.2 Å². The Morgan fingerprint density at radius 3 is 2.56 bits per heavy atom. The standard InChI is InChI=1S/C36H36N6O7S/c43-36(41-50(46,47)29-8-10-32(33(20-29)42(44)45)39-21-23-12-16-48-17-13-23)30-9-7-26(24-3-5-25(6-4-24)31-2-1-14-37-31)19-34(30)49-28-18-27-11-15-38-35(27)40-22-28/h3-11,15,18-20,22-23,31,37,39H,1-2,12-14,16-17,21H2,(H,38,40)(H,41,43). The maximum atomic E-state index is 13.7. The summed E-state index contributed by atoms with van der Waals surface area (Å²) in [5, 5.41) is 19.3. The van der Waals surface area contributed by atoms with Gasteiger partial charge in [0.05, 0.1) is 21.6 Å². The fourth-order valence-electron chi connectivity index (χ4n) is 6.37. The average molecular weight is 697 g/mol. The van der Waals surface area contributed by atoms with Crippen molar-refractivity contribution >= 4 is 38.3 Å². The lowest BCUT2D eigenvalue weighted by atomic mass is 9.99. The van der Waals surface area contributed by atoms with E-state index < -0.39 is 31.4 Å². The van der Waals surface area contributed by atoms with Crippen LogP contribution in [0.15, 0.2) is 90.1 Å². The second-order valence-corrected chi connectivity index (χ2v) is 14.2. The van der Waals surface area contributed by atoms with Gasteiger partial charge in [-0.1, -0.05) is 30.3 Å². The highest BCUT2D eigenvalue weighted by Crippen LogP contribution is 2.34. The number of amides is 1. The minimum atomic E-state index is -4.53. The van der Waals surface area contributed by atoms with Crippen LogP contribution in [-0.4, -0.2) is 55.5 Å². The number of carbonyl (C=O) groups excluding carboxylic acids is 1. The normalized spacial score (nSPS) is 16.7. The quantitative estimate of drug-likeness (QED) is 0.0904. The Balaban J connectivity index is 1.16. The van der Waals surface area contributed by atoms with Crippen molar-refractivity contribution in [3.63, 3.8) is 0 Å². The van der Waals surface area contributed by atoms with E-state index in [1.54, 1.807) is 24.4 Å². The molecule has 2 fully saturated rings. The Hall–Kier alpha value is -5.31. The molecule has 1 atom stereocenters. The fraction of sp³-hybridized carbons (Fsp3) is 0.278. The third-order valence-electron chi connectivity index (χ3n) is 9.16. The summed E-state index contributed by atoms with van der Waals surface area (Å²) in [6, 6.07) is 20.5. The van der Waals surface area contributed by atoms with Crippen LogP contribution in [0.2, 0.25) is 0 Å². The number of H-pyrrole nitrogens is 1. The van der Waals surface area contributed by atoms with E-state index in [1.807, 2.05) is 18.2 Å².